The molecule has 0 radical (unpaired) electrons. The quantitative estimate of drug-likeness (QED) is 0.660. The molecule has 0 fully saturated rings. The van der Waals surface area contributed by atoms with E-state index in [0.29, 0.717) is 6.54 Å². The van der Waals surface area contributed by atoms with Crippen molar-refractivity contribution in [2.75, 3.05) is 5.75 Å². The Labute approximate surface area is 143 Å². The summed E-state index contributed by atoms with van der Waals surface area (Å²) >= 11 is 2.94. The molecule has 3 rings (SSSR count). The third-order valence-corrected chi connectivity index (χ3v) is 5.79. The highest BCUT2D eigenvalue weighted by Gasteiger charge is 2.10. The second kappa shape index (κ2) is 6.76. The lowest BCUT2D eigenvalue weighted by Gasteiger charge is -2.12. The minimum absolute atomic E-state index is 0.112. The van der Waals surface area contributed by atoms with Gasteiger partial charge in [-0.05, 0) is 38.0 Å². The maximum Gasteiger partial charge on any atom is 0.307 e. The molecule has 0 unspecified atom stereocenters. The van der Waals surface area contributed by atoms with Gasteiger partial charge in [-0.3, -0.25) is 9.36 Å². The summed E-state index contributed by atoms with van der Waals surface area (Å²) in [6.45, 7) is 6.93. The molecular weight excluding hydrogens is 326 g/mol. The number of imidazole rings is 1. The van der Waals surface area contributed by atoms with Gasteiger partial charge in [-0.1, -0.05) is 35.2 Å². The van der Waals surface area contributed by atoms with Crippen LogP contribution in [0.1, 0.15) is 16.8 Å². The topological polar surface area (TPSA) is 39.8 Å². The Bertz CT molecular complexity index is 876. The molecule has 0 saturated heterocycles. The van der Waals surface area contributed by atoms with Gasteiger partial charge in [-0.25, -0.2) is 4.98 Å². The van der Waals surface area contributed by atoms with Crippen LogP contribution in [-0.4, -0.2) is 19.9 Å². The third kappa shape index (κ3) is 3.28. The predicted octanol–water partition coefficient (Wildman–Crippen LogP) is 3.81. The molecule has 1 aromatic carbocycles. The Kier molecular flexibility index (Phi) is 4.73. The molecule has 0 spiro atoms. The van der Waals surface area contributed by atoms with Gasteiger partial charge in [0.2, 0.25) is 0 Å². The predicted molar refractivity (Wildman–Crippen MR) is 97.1 cm³/mol. The van der Waals surface area contributed by atoms with Gasteiger partial charge in [0.25, 0.3) is 0 Å². The summed E-state index contributed by atoms with van der Waals surface area (Å²) in [5, 5.41) is 2.86. The Balaban J connectivity index is 1.77. The van der Waals surface area contributed by atoms with E-state index < -0.39 is 0 Å². The zero-order valence-corrected chi connectivity index (χ0v) is 15.1. The van der Waals surface area contributed by atoms with Crippen LogP contribution in [0.5, 0.6) is 0 Å². The lowest BCUT2D eigenvalue weighted by Crippen LogP contribution is -2.16. The van der Waals surface area contributed by atoms with Crippen LogP contribution in [0.2, 0.25) is 0 Å². The zero-order chi connectivity index (χ0) is 16.4. The van der Waals surface area contributed by atoms with Crippen molar-refractivity contribution in [2.45, 2.75) is 32.5 Å². The number of nitrogens with zero attached hydrogens (tertiary/aromatic N) is 3. The SMILES string of the molecule is Cc1cccc(-n2ccnc2SCCn2c(C)csc2=O)c1C. The van der Waals surface area contributed by atoms with Crippen molar-refractivity contribution in [3.8, 4) is 5.69 Å². The van der Waals surface area contributed by atoms with E-state index in [-0.39, 0.29) is 4.87 Å². The van der Waals surface area contributed by atoms with E-state index in [0.717, 1.165) is 22.3 Å². The number of rotatable bonds is 5. The molecule has 2 heterocycles. The first kappa shape index (κ1) is 16.1. The fraction of sp³-hybridized carbons (Fsp3) is 0.294. The smallest absolute Gasteiger partial charge is 0.303 e. The van der Waals surface area contributed by atoms with Crippen molar-refractivity contribution in [1.29, 1.82) is 0 Å². The zero-order valence-electron chi connectivity index (χ0n) is 13.4. The van der Waals surface area contributed by atoms with Crippen LogP contribution in [0.4, 0.5) is 0 Å². The Morgan fingerprint density at radius 2 is 2.09 bits per heavy atom. The van der Waals surface area contributed by atoms with Crippen LogP contribution in [-0.2, 0) is 6.54 Å². The molecular formula is C17H19N3OS2. The molecule has 0 saturated carbocycles. The van der Waals surface area contributed by atoms with Gasteiger partial charge >= 0.3 is 4.87 Å². The van der Waals surface area contributed by atoms with Crippen LogP contribution >= 0.6 is 23.1 Å². The van der Waals surface area contributed by atoms with Crippen LogP contribution in [0, 0.1) is 20.8 Å². The standard InChI is InChI=1S/C17H19N3OS2/c1-12-5-4-6-15(14(12)3)20-8-7-18-16(20)22-10-9-19-13(2)11-23-17(19)21/h4-8,11H,9-10H2,1-3H3. The highest BCUT2D eigenvalue weighted by Crippen LogP contribution is 2.24. The van der Waals surface area contributed by atoms with Crippen molar-refractivity contribution in [3.05, 3.63) is 62.5 Å². The molecule has 0 atom stereocenters. The third-order valence-electron chi connectivity index (χ3n) is 3.96. The van der Waals surface area contributed by atoms with Gasteiger partial charge in [0.1, 0.15) is 0 Å². The molecule has 2 aromatic heterocycles. The lowest BCUT2D eigenvalue weighted by atomic mass is 10.1. The van der Waals surface area contributed by atoms with E-state index in [2.05, 4.69) is 41.6 Å². The van der Waals surface area contributed by atoms with Gasteiger partial charge < -0.3 is 4.57 Å². The Morgan fingerprint density at radius 1 is 1.26 bits per heavy atom. The molecule has 3 aromatic rings. The molecule has 120 valence electrons. The summed E-state index contributed by atoms with van der Waals surface area (Å²) in [5.74, 6) is 0.819. The van der Waals surface area contributed by atoms with Crippen molar-refractivity contribution in [2.24, 2.45) is 0 Å². The van der Waals surface area contributed by atoms with Crippen LogP contribution in [0.25, 0.3) is 5.69 Å². The van der Waals surface area contributed by atoms with Gasteiger partial charge in [0, 0.05) is 35.8 Å². The van der Waals surface area contributed by atoms with Crippen molar-refractivity contribution >= 4 is 23.1 Å². The normalized spacial score (nSPS) is 11.1. The van der Waals surface area contributed by atoms with E-state index in [1.165, 1.54) is 22.5 Å². The van der Waals surface area contributed by atoms with Crippen molar-refractivity contribution in [1.82, 2.24) is 14.1 Å². The number of hydrogen-bond donors (Lipinski definition) is 0. The summed E-state index contributed by atoms with van der Waals surface area (Å²) in [7, 11) is 0. The second-order valence-corrected chi connectivity index (χ2v) is 7.32. The fourth-order valence-electron chi connectivity index (χ4n) is 2.48. The van der Waals surface area contributed by atoms with Gasteiger partial charge in [0.05, 0.1) is 5.69 Å². The summed E-state index contributed by atoms with van der Waals surface area (Å²) < 4.78 is 3.94. The van der Waals surface area contributed by atoms with Gasteiger partial charge in [-0.2, -0.15) is 0 Å². The number of aryl methyl sites for hydroxylation is 2. The van der Waals surface area contributed by atoms with Crippen LogP contribution in [0.15, 0.2) is 45.9 Å². The molecule has 23 heavy (non-hydrogen) atoms. The van der Waals surface area contributed by atoms with Gasteiger partial charge in [-0.15, -0.1) is 0 Å². The summed E-state index contributed by atoms with van der Waals surface area (Å²) in [6.07, 6.45) is 3.82. The minimum Gasteiger partial charge on any atom is -0.303 e. The summed E-state index contributed by atoms with van der Waals surface area (Å²) in [5.41, 5.74) is 4.72. The second-order valence-electron chi connectivity index (χ2n) is 5.44. The Hall–Kier alpha value is -1.79. The molecule has 4 nitrogen and oxygen atoms in total. The first-order valence-electron chi connectivity index (χ1n) is 7.45. The average molecular weight is 345 g/mol. The lowest BCUT2D eigenvalue weighted by molar-refractivity contribution is 0.729. The molecule has 0 amide bonds. The number of thioether (sulfide) groups is 1. The average Bonchev–Trinajstić information content (AvgIpc) is 3.11. The van der Waals surface area contributed by atoms with E-state index in [1.807, 2.05) is 29.3 Å². The molecule has 6 heteroatoms. The molecule has 0 aliphatic carbocycles. The number of benzene rings is 1. The van der Waals surface area contributed by atoms with E-state index in [4.69, 9.17) is 0 Å². The monoisotopic (exact) mass is 345 g/mol. The first-order chi connectivity index (χ1) is 11.1. The number of aromatic nitrogens is 3. The molecule has 0 aliphatic rings. The number of thiazole rings is 1. The Morgan fingerprint density at radius 3 is 2.83 bits per heavy atom. The van der Waals surface area contributed by atoms with Crippen LogP contribution < -0.4 is 4.87 Å². The maximum absolute atomic E-state index is 11.8. The van der Waals surface area contributed by atoms with E-state index >= 15 is 0 Å². The summed E-state index contributed by atoms with van der Waals surface area (Å²) in [6, 6.07) is 6.30. The molecule has 0 aliphatic heterocycles. The van der Waals surface area contributed by atoms with Crippen molar-refractivity contribution in [3.63, 3.8) is 0 Å². The van der Waals surface area contributed by atoms with Gasteiger partial charge in [0.15, 0.2) is 5.16 Å². The van der Waals surface area contributed by atoms with Crippen molar-refractivity contribution < 1.29 is 0 Å². The first-order valence-corrected chi connectivity index (χ1v) is 9.32. The molecule has 0 N–H and O–H groups in total. The highest BCUT2D eigenvalue weighted by molar-refractivity contribution is 7.99. The maximum atomic E-state index is 11.8. The summed E-state index contributed by atoms with van der Waals surface area (Å²) in [4.78, 5) is 16.3. The van der Waals surface area contributed by atoms with E-state index in [1.54, 1.807) is 11.8 Å². The van der Waals surface area contributed by atoms with E-state index in [9.17, 15) is 4.79 Å². The van der Waals surface area contributed by atoms with Crippen LogP contribution in [0.3, 0.4) is 0 Å². The largest absolute Gasteiger partial charge is 0.307 e. The minimum atomic E-state index is 0.112. The highest BCUT2D eigenvalue weighted by atomic mass is 32.2. The number of hydrogen-bond acceptors (Lipinski definition) is 4. The molecule has 0 bridgehead atoms. The fourth-order valence-corrected chi connectivity index (χ4v) is 4.13.